The van der Waals surface area contributed by atoms with Crippen molar-refractivity contribution in [2.24, 2.45) is 0 Å². The molecule has 3 fully saturated rings. The van der Waals surface area contributed by atoms with Crippen LogP contribution in [0.5, 0.6) is 5.75 Å². The molecule has 0 bridgehead atoms. The van der Waals surface area contributed by atoms with Crippen molar-refractivity contribution in [2.75, 3.05) is 45.7 Å². The fourth-order valence-corrected chi connectivity index (χ4v) is 5.87. The molecule has 4 nitrogen and oxygen atoms in total. The molecule has 1 N–H and O–H groups in total. The quantitative estimate of drug-likeness (QED) is 0.794. The lowest BCUT2D eigenvalue weighted by Crippen LogP contribution is -2.53. The lowest BCUT2D eigenvalue weighted by molar-refractivity contribution is 0.0444. The second-order valence-electron chi connectivity index (χ2n) is 9.08. The summed E-state index contributed by atoms with van der Waals surface area (Å²) in [4.78, 5) is 5.60. The minimum Gasteiger partial charge on any atom is -0.496 e. The smallest absolute Gasteiger partial charge is 0.122 e. The third-order valence-electron chi connectivity index (χ3n) is 7.61. The zero-order valence-electron chi connectivity index (χ0n) is 18.0. The molecule has 2 aliphatic carbocycles. The normalized spacial score (nSPS) is 28.2. The maximum absolute atomic E-state index is 5.67. The molecule has 28 heavy (non-hydrogen) atoms. The average molecular weight is 386 g/mol. The molecule has 1 aliphatic heterocycles. The number of ether oxygens (including phenoxy) is 1. The van der Waals surface area contributed by atoms with E-state index in [4.69, 9.17) is 4.74 Å². The molecule has 0 spiro atoms. The number of hydrogen-bond donors (Lipinski definition) is 1. The van der Waals surface area contributed by atoms with Crippen LogP contribution < -0.4 is 10.1 Å². The van der Waals surface area contributed by atoms with Crippen LogP contribution in [0.2, 0.25) is 0 Å². The monoisotopic (exact) mass is 385 g/mol. The van der Waals surface area contributed by atoms with E-state index in [0.717, 1.165) is 17.8 Å². The van der Waals surface area contributed by atoms with Gasteiger partial charge in [-0.3, -0.25) is 9.80 Å². The van der Waals surface area contributed by atoms with Gasteiger partial charge in [-0.25, -0.2) is 0 Å². The second kappa shape index (κ2) is 9.49. The number of anilines is 1. The molecule has 1 aromatic rings. The Labute approximate surface area is 171 Å². The molecule has 0 radical (unpaired) electrons. The molecule has 4 rings (SSSR count). The van der Waals surface area contributed by atoms with Gasteiger partial charge in [-0.1, -0.05) is 19.3 Å². The predicted molar refractivity (Wildman–Crippen MR) is 118 cm³/mol. The fourth-order valence-electron chi connectivity index (χ4n) is 5.87. The van der Waals surface area contributed by atoms with Crippen LogP contribution in [-0.2, 0) is 0 Å². The van der Waals surface area contributed by atoms with Crippen LogP contribution in [0.3, 0.4) is 0 Å². The van der Waals surface area contributed by atoms with E-state index in [1.807, 2.05) is 7.05 Å². The van der Waals surface area contributed by atoms with Crippen molar-refractivity contribution in [1.29, 1.82) is 0 Å². The Bertz CT molecular complexity index is 612. The van der Waals surface area contributed by atoms with Gasteiger partial charge in [-0.2, -0.15) is 0 Å². The van der Waals surface area contributed by atoms with Gasteiger partial charge in [0.05, 0.1) is 7.11 Å². The molecule has 0 unspecified atom stereocenters. The zero-order chi connectivity index (χ0) is 19.3. The third kappa shape index (κ3) is 4.49. The van der Waals surface area contributed by atoms with E-state index in [2.05, 4.69) is 33.3 Å². The Morgan fingerprint density at radius 1 is 0.821 bits per heavy atom. The topological polar surface area (TPSA) is 27.7 Å². The van der Waals surface area contributed by atoms with Crippen LogP contribution in [-0.4, -0.2) is 62.2 Å². The van der Waals surface area contributed by atoms with Crippen molar-refractivity contribution in [1.82, 2.24) is 9.80 Å². The number of piperazine rings is 1. The molecule has 4 heteroatoms. The minimum absolute atomic E-state index is 0.642. The summed E-state index contributed by atoms with van der Waals surface area (Å²) < 4.78 is 5.67. The third-order valence-corrected chi connectivity index (χ3v) is 7.61. The van der Waals surface area contributed by atoms with E-state index in [-0.39, 0.29) is 0 Å². The maximum atomic E-state index is 5.67. The largest absolute Gasteiger partial charge is 0.496 e. The van der Waals surface area contributed by atoms with Crippen molar-refractivity contribution < 1.29 is 4.74 Å². The highest BCUT2D eigenvalue weighted by atomic mass is 16.5. The highest BCUT2D eigenvalue weighted by Gasteiger charge is 2.31. The molecular weight excluding hydrogens is 346 g/mol. The minimum atomic E-state index is 0.642. The summed E-state index contributed by atoms with van der Waals surface area (Å²) in [5, 5.41) is 3.28. The SMILES string of the molecule is CNc1ccc(OC)c([C@H]2CC[C@H](N3CCN(C4CCCCC4)CC3)CC2)c1. The number of nitrogens with one attached hydrogen (secondary N) is 1. The molecule has 1 heterocycles. The summed E-state index contributed by atoms with van der Waals surface area (Å²) in [6, 6.07) is 8.21. The Kier molecular flexibility index (Phi) is 6.79. The molecule has 1 saturated heterocycles. The van der Waals surface area contributed by atoms with Crippen LogP contribution >= 0.6 is 0 Å². The average Bonchev–Trinajstić information content (AvgIpc) is 2.79. The lowest BCUT2D eigenvalue weighted by Gasteiger charge is -2.45. The van der Waals surface area contributed by atoms with E-state index >= 15 is 0 Å². The van der Waals surface area contributed by atoms with Gasteiger partial charge in [0.15, 0.2) is 0 Å². The van der Waals surface area contributed by atoms with Crippen molar-refractivity contribution in [3.8, 4) is 5.75 Å². The zero-order valence-corrected chi connectivity index (χ0v) is 18.0. The van der Waals surface area contributed by atoms with Crippen LogP contribution in [0, 0.1) is 0 Å². The van der Waals surface area contributed by atoms with E-state index in [9.17, 15) is 0 Å². The molecule has 3 aliphatic rings. The Balaban J connectivity index is 1.29. The highest BCUT2D eigenvalue weighted by molar-refractivity contribution is 5.52. The summed E-state index contributed by atoms with van der Waals surface area (Å²) in [7, 11) is 3.80. The second-order valence-corrected chi connectivity index (χ2v) is 9.08. The van der Waals surface area contributed by atoms with Crippen molar-refractivity contribution in [3.63, 3.8) is 0 Å². The number of hydrogen-bond acceptors (Lipinski definition) is 4. The van der Waals surface area contributed by atoms with Crippen LogP contribution in [0.25, 0.3) is 0 Å². The summed E-state index contributed by atoms with van der Waals surface area (Å²) >= 11 is 0. The van der Waals surface area contributed by atoms with Gasteiger partial charge in [0.1, 0.15) is 5.75 Å². The van der Waals surface area contributed by atoms with Gasteiger partial charge in [0, 0.05) is 51.0 Å². The fraction of sp³-hybridized carbons (Fsp3) is 0.750. The lowest BCUT2D eigenvalue weighted by atomic mass is 9.80. The molecule has 2 saturated carbocycles. The van der Waals surface area contributed by atoms with Crippen molar-refractivity contribution in [3.05, 3.63) is 23.8 Å². The number of nitrogens with zero attached hydrogens (tertiary/aromatic N) is 2. The number of benzene rings is 1. The molecule has 0 atom stereocenters. The van der Waals surface area contributed by atoms with E-state index in [1.165, 1.54) is 95.2 Å². The summed E-state index contributed by atoms with van der Waals surface area (Å²) in [6.07, 6.45) is 12.5. The molecule has 156 valence electrons. The van der Waals surface area contributed by atoms with Crippen LogP contribution in [0.1, 0.15) is 69.3 Å². The van der Waals surface area contributed by atoms with Crippen LogP contribution in [0.4, 0.5) is 5.69 Å². The first-order chi connectivity index (χ1) is 13.8. The van der Waals surface area contributed by atoms with Crippen LogP contribution in [0.15, 0.2) is 18.2 Å². The maximum Gasteiger partial charge on any atom is 0.122 e. The number of methoxy groups -OCH3 is 1. The van der Waals surface area contributed by atoms with E-state index in [0.29, 0.717) is 5.92 Å². The number of rotatable bonds is 5. The Morgan fingerprint density at radius 3 is 2.00 bits per heavy atom. The molecule has 1 aromatic carbocycles. The first-order valence-electron chi connectivity index (χ1n) is 11.6. The molecule has 0 aromatic heterocycles. The van der Waals surface area contributed by atoms with Gasteiger partial charge < -0.3 is 10.1 Å². The Hall–Kier alpha value is -1.26. The molecular formula is C24H39N3O. The van der Waals surface area contributed by atoms with Crippen molar-refractivity contribution in [2.45, 2.75) is 75.8 Å². The standard InChI is InChI=1S/C24H39N3O/c1-25-20-10-13-24(28-2)23(18-20)19-8-11-22(12-9-19)27-16-14-26(15-17-27)21-6-4-3-5-7-21/h10,13,18-19,21-22,25H,3-9,11-12,14-17H2,1-2H3/t19-,22-. The van der Waals surface area contributed by atoms with Gasteiger partial charge >= 0.3 is 0 Å². The highest BCUT2D eigenvalue weighted by Crippen LogP contribution is 2.40. The molecule has 0 amide bonds. The summed E-state index contributed by atoms with van der Waals surface area (Å²) in [5.74, 6) is 1.70. The Morgan fingerprint density at radius 2 is 1.43 bits per heavy atom. The van der Waals surface area contributed by atoms with Gasteiger partial charge in [-0.15, -0.1) is 0 Å². The van der Waals surface area contributed by atoms with Gasteiger partial charge in [-0.05, 0) is 68.2 Å². The van der Waals surface area contributed by atoms with Gasteiger partial charge in [0.2, 0.25) is 0 Å². The first-order valence-corrected chi connectivity index (χ1v) is 11.6. The first kappa shape index (κ1) is 20.0. The van der Waals surface area contributed by atoms with E-state index in [1.54, 1.807) is 7.11 Å². The predicted octanol–water partition coefficient (Wildman–Crippen LogP) is 4.71. The van der Waals surface area contributed by atoms with Gasteiger partial charge in [0.25, 0.3) is 0 Å². The summed E-state index contributed by atoms with van der Waals surface area (Å²) in [5.41, 5.74) is 2.59. The van der Waals surface area contributed by atoms with Crippen molar-refractivity contribution >= 4 is 5.69 Å². The van der Waals surface area contributed by atoms with E-state index < -0.39 is 0 Å². The summed E-state index contributed by atoms with van der Waals surface area (Å²) in [6.45, 7) is 5.15.